The van der Waals surface area contributed by atoms with Gasteiger partial charge in [0.15, 0.2) is 0 Å². The van der Waals surface area contributed by atoms with E-state index in [1.165, 1.54) is 22.8 Å². The molecule has 20 heavy (non-hydrogen) atoms. The van der Waals surface area contributed by atoms with E-state index in [0.717, 1.165) is 10.0 Å². The van der Waals surface area contributed by atoms with Gasteiger partial charge in [-0.2, -0.15) is 0 Å². The highest BCUT2D eigenvalue weighted by Gasteiger charge is 2.15. The van der Waals surface area contributed by atoms with Crippen LogP contribution in [0.4, 0.5) is 4.39 Å². The topological polar surface area (TPSA) is 12.0 Å². The highest BCUT2D eigenvalue weighted by Crippen LogP contribution is 2.25. The largest absolute Gasteiger partial charge is 0.313 e. The summed E-state index contributed by atoms with van der Waals surface area (Å²) >= 11 is 3.40. The van der Waals surface area contributed by atoms with Crippen LogP contribution in [-0.2, 0) is 6.42 Å². The first-order chi connectivity index (χ1) is 9.51. The van der Waals surface area contributed by atoms with Crippen molar-refractivity contribution in [3.63, 3.8) is 0 Å². The Kier molecular flexibility index (Phi) is 4.95. The Morgan fingerprint density at radius 1 is 1.15 bits per heavy atom. The monoisotopic (exact) mass is 335 g/mol. The summed E-state index contributed by atoms with van der Waals surface area (Å²) in [5, 5.41) is 3.30. The van der Waals surface area contributed by atoms with E-state index >= 15 is 0 Å². The smallest absolute Gasteiger partial charge is 0.126 e. The van der Waals surface area contributed by atoms with Gasteiger partial charge in [0.25, 0.3) is 0 Å². The van der Waals surface area contributed by atoms with Gasteiger partial charge in [0.05, 0.1) is 0 Å². The summed E-state index contributed by atoms with van der Waals surface area (Å²) in [5.74, 6) is -0.154. The Morgan fingerprint density at radius 3 is 2.60 bits per heavy atom. The fourth-order valence-corrected chi connectivity index (χ4v) is 2.83. The van der Waals surface area contributed by atoms with Gasteiger partial charge in [-0.3, -0.25) is 0 Å². The molecule has 0 aliphatic carbocycles. The van der Waals surface area contributed by atoms with Gasteiger partial charge in [0, 0.05) is 10.5 Å². The lowest BCUT2D eigenvalue weighted by Crippen LogP contribution is -2.20. The van der Waals surface area contributed by atoms with Crippen LogP contribution in [-0.4, -0.2) is 7.05 Å². The fourth-order valence-electron chi connectivity index (χ4n) is 2.42. The molecule has 0 heterocycles. The molecule has 3 heteroatoms. The second-order valence-electron chi connectivity index (χ2n) is 5.14. The fraction of sp³-hybridized carbons (Fsp3) is 0.294. The van der Waals surface area contributed by atoms with Crippen LogP contribution < -0.4 is 5.32 Å². The molecule has 0 saturated heterocycles. The third-order valence-corrected chi connectivity index (χ3v) is 4.08. The average molecular weight is 336 g/mol. The maximum atomic E-state index is 13.9. The van der Waals surface area contributed by atoms with Gasteiger partial charge < -0.3 is 5.32 Å². The first-order valence-corrected chi connectivity index (χ1v) is 7.49. The summed E-state index contributed by atoms with van der Waals surface area (Å²) in [6.07, 6.45) is 0.631. The van der Waals surface area contributed by atoms with Crippen molar-refractivity contribution in [3.05, 3.63) is 68.9 Å². The maximum absolute atomic E-state index is 13.9. The minimum Gasteiger partial charge on any atom is -0.313 e. The summed E-state index contributed by atoms with van der Waals surface area (Å²) in [6, 6.07) is 11.6. The van der Waals surface area contributed by atoms with Crippen molar-refractivity contribution in [2.24, 2.45) is 0 Å². The van der Waals surface area contributed by atoms with E-state index in [4.69, 9.17) is 0 Å². The van der Waals surface area contributed by atoms with E-state index in [0.29, 0.717) is 6.42 Å². The molecule has 1 nitrogen and oxygen atoms in total. The SMILES string of the molecule is CNC(Cc1cc(Br)ccc1F)c1cc(C)ccc1C. The zero-order chi connectivity index (χ0) is 14.7. The van der Waals surface area contributed by atoms with Gasteiger partial charge in [-0.15, -0.1) is 0 Å². The maximum Gasteiger partial charge on any atom is 0.126 e. The van der Waals surface area contributed by atoms with Crippen molar-refractivity contribution in [3.8, 4) is 0 Å². The van der Waals surface area contributed by atoms with Gasteiger partial charge in [0.1, 0.15) is 5.82 Å². The van der Waals surface area contributed by atoms with Crippen molar-refractivity contribution < 1.29 is 4.39 Å². The highest BCUT2D eigenvalue weighted by molar-refractivity contribution is 9.10. The Hall–Kier alpha value is -1.19. The van der Waals surface area contributed by atoms with Crippen LogP contribution in [0, 0.1) is 19.7 Å². The van der Waals surface area contributed by atoms with E-state index in [2.05, 4.69) is 53.3 Å². The first-order valence-electron chi connectivity index (χ1n) is 6.69. The van der Waals surface area contributed by atoms with Crippen molar-refractivity contribution in [1.82, 2.24) is 5.32 Å². The summed E-state index contributed by atoms with van der Waals surface area (Å²) in [6.45, 7) is 4.17. The summed E-state index contributed by atoms with van der Waals surface area (Å²) in [7, 11) is 1.92. The predicted molar refractivity (Wildman–Crippen MR) is 85.5 cm³/mol. The lowest BCUT2D eigenvalue weighted by atomic mass is 9.94. The number of benzene rings is 2. The standard InChI is InChI=1S/C17H19BrFN/c1-11-4-5-12(2)15(8-11)17(20-3)10-13-9-14(18)6-7-16(13)19/h4-9,17,20H,10H2,1-3H3. The van der Waals surface area contributed by atoms with Crippen molar-refractivity contribution in [1.29, 1.82) is 0 Å². The molecular formula is C17H19BrFN. The zero-order valence-corrected chi connectivity index (χ0v) is 13.6. The predicted octanol–water partition coefficient (Wildman–Crippen LogP) is 4.71. The van der Waals surface area contributed by atoms with Gasteiger partial charge in [-0.25, -0.2) is 4.39 Å². The Morgan fingerprint density at radius 2 is 1.90 bits per heavy atom. The van der Waals surface area contributed by atoms with E-state index in [1.54, 1.807) is 6.07 Å². The Labute approximate surface area is 128 Å². The van der Waals surface area contributed by atoms with E-state index in [1.807, 2.05) is 13.1 Å². The molecule has 0 aromatic heterocycles. The number of halogens is 2. The lowest BCUT2D eigenvalue weighted by molar-refractivity contribution is 0.552. The highest BCUT2D eigenvalue weighted by atomic mass is 79.9. The lowest BCUT2D eigenvalue weighted by Gasteiger charge is -2.20. The van der Waals surface area contributed by atoms with E-state index < -0.39 is 0 Å². The normalized spacial score (nSPS) is 12.4. The number of aryl methyl sites for hydroxylation is 2. The van der Waals surface area contributed by atoms with Crippen molar-refractivity contribution >= 4 is 15.9 Å². The molecule has 1 unspecified atom stereocenters. The quantitative estimate of drug-likeness (QED) is 0.853. The van der Waals surface area contributed by atoms with E-state index in [-0.39, 0.29) is 11.9 Å². The number of hydrogen-bond donors (Lipinski definition) is 1. The van der Waals surface area contributed by atoms with Gasteiger partial charge in [-0.1, -0.05) is 39.7 Å². The third kappa shape index (κ3) is 3.47. The Bertz CT molecular complexity index is 610. The van der Waals surface area contributed by atoms with Crippen molar-refractivity contribution in [2.75, 3.05) is 7.05 Å². The second-order valence-corrected chi connectivity index (χ2v) is 6.06. The molecule has 0 spiro atoms. The zero-order valence-electron chi connectivity index (χ0n) is 12.0. The summed E-state index contributed by atoms with van der Waals surface area (Å²) < 4.78 is 14.8. The molecule has 1 N–H and O–H groups in total. The number of nitrogens with one attached hydrogen (secondary N) is 1. The first kappa shape index (κ1) is 15.2. The number of hydrogen-bond acceptors (Lipinski definition) is 1. The third-order valence-electron chi connectivity index (χ3n) is 3.59. The minimum absolute atomic E-state index is 0.110. The van der Waals surface area contributed by atoms with Crippen molar-refractivity contribution in [2.45, 2.75) is 26.3 Å². The summed E-state index contributed by atoms with van der Waals surface area (Å²) in [5.41, 5.74) is 4.40. The van der Waals surface area contributed by atoms with Crippen LogP contribution in [0.25, 0.3) is 0 Å². The molecule has 2 aromatic rings. The number of rotatable bonds is 4. The summed E-state index contributed by atoms with van der Waals surface area (Å²) in [4.78, 5) is 0. The molecule has 0 radical (unpaired) electrons. The van der Waals surface area contributed by atoms with Crippen LogP contribution in [0.1, 0.15) is 28.3 Å². The molecule has 0 aliphatic heterocycles. The van der Waals surface area contributed by atoms with Crippen LogP contribution >= 0.6 is 15.9 Å². The molecule has 0 bridgehead atoms. The van der Waals surface area contributed by atoms with Crippen LogP contribution in [0.15, 0.2) is 40.9 Å². The van der Waals surface area contributed by atoms with Gasteiger partial charge in [0.2, 0.25) is 0 Å². The van der Waals surface area contributed by atoms with Crippen LogP contribution in [0.2, 0.25) is 0 Å². The molecule has 106 valence electrons. The minimum atomic E-state index is -0.154. The Balaban J connectivity index is 2.33. The van der Waals surface area contributed by atoms with Gasteiger partial charge >= 0.3 is 0 Å². The molecular weight excluding hydrogens is 317 g/mol. The molecule has 1 atom stereocenters. The molecule has 0 amide bonds. The number of likely N-dealkylation sites (N-methyl/N-ethyl adjacent to an activating group) is 1. The molecule has 2 aromatic carbocycles. The average Bonchev–Trinajstić information content (AvgIpc) is 2.42. The molecule has 0 saturated carbocycles. The molecule has 0 fully saturated rings. The van der Waals surface area contributed by atoms with E-state index in [9.17, 15) is 4.39 Å². The van der Waals surface area contributed by atoms with Gasteiger partial charge in [-0.05, 0) is 62.2 Å². The molecule has 2 rings (SSSR count). The van der Waals surface area contributed by atoms with Crippen LogP contribution in [0.5, 0.6) is 0 Å². The second kappa shape index (κ2) is 6.51. The molecule has 0 aliphatic rings. The van der Waals surface area contributed by atoms with Crippen LogP contribution in [0.3, 0.4) is 0 Å².